The molecule has 3 aromatic rings. The van der Waals surface area contributed by atoms with Crippen LogP contribution in [0.4, 0.5) is 11.4 Å². The maximum atomic E-state index is 12.3. The Bertz CT molecular complexity index is 1180. The second-order valence-electron chi connectivity index (χ2n) is 7.04. The molecule has 0 aliphatic carbocycles. The number of benzene rings is 1. The summed E-state index contributed by atoms with van der Waals surface area (Å²) < 4.78 is 12.4. The van der Waals surface area contributed by atoms with Crippen LogP contribution in [0.1, 0.15) is 33.3 Å². The Kier molecular flexibility index (Phi) is 6.52. The molecule has 2 aromatic heterocycles. The Balaban J connectivity index is 1.56. The van der Waals surface area contributed by atoms with Crippen molar-refractivity contribution >= 4 is 17.3 Å². The van der Waals surface area contributed by atoms with Gasteiger partial charge < -0.3 is 14.5 Å². The van der Waals surface area contributed by atoms with E-state index in [0.717, 1.165) is 5.56 Å². The van der Waals surface area contributed by atoms with E-state index < -0.39 is 15.8 Å². The molecule has 1 N–H and O–H groups in total. The predicted octanol–water partition coefficient (Wildman–Crippen LogP) is 3.23. The Morgan fingerprint density at radius 2 is 1.91 bits per heavy atom. The van der Waals surface area contributed by atoms with E-state index in [1.165, 1.54) is 22.9 Å². The average Bonchev–Trinajstić information content (AvgIpc) is 3.31. The molecule has 1 aromatic carbocycles. The summed E-state index contributed by atoms with van der Waals surface area (Å²) in [6.45, 7) is 5.23. The van der Waals surface area contributed by atoms with Crippen molar-refractivity contribution in [1.82, 2.24) is 15.1 Å². The van der Waals surface area contributed by atoms with E-state index in [1.807, 2.05) is 0 Å². The van der Waals surface area contributed by atoms with Gasteiger partial charge in [0.15, 0.2) is 11.5 Å². The zero-order valence-corrected chi connectivity index (χ0v) is 17.7. The van der Waals surface area contributed by atoms with Crippen molar-refractivity contribution in [2.24, 2.45) is 0 Å². The molecule has 0 atom stereocenters. The fraction of sp³-hybridized carbons (Fsp3) is 0.300. The first kappa shape index (κ1) is 22.5. The first-order valence-electron chi connectivity index (χ1n) is 9.60. The molecule has 1 amide bonds. The maximum Gasteiger partial charge on any atom is 0.312 e. The Morgan fingerprint density at radius 3 is 2.56 bits per heavy atom. The lowest BCUT2D eigenvalue weighted by Crippen LogP contribution is -2.27. The van der Waals surface area contributed by atoms with Crippen LogP contribution in [0.2, 0.25) is 0 Å². The lowest BCUT2D eigenvalue weighted by Gasteiger charge is -2.06. The molecule has 0 spiro atoms. The van der Waals surface area contributed by atoms with E-state index in [4.69, 9.17) is 9.15 Å². The number of nitrogens with zero attached hydrogens (tertiary/aromatic N) is 4. The highest BCUT2D eigenvalue weighted by Gasteiger charge is 2.22. The second-order valence-corrected chi connectivity index (χ2v) is 7.04. The molecule has 2 heterocycles. The number of hydrogen-bond acceptors (Lipinski definition) is 8. The van der Waals surface area contributed by atoms with Crippen LogP contribution in [0.5, 0.6) is 5.75 Å². The number of aryl methyl sites for hydroxylation is 2. The van der Waals surface area contributed by atoms with Gasteiger partial charge >= 0.3 is 11.4 Å². The molecule has 0 saturated carbocycles. The van der Waals surface area contributed by atoms with Gasteiger partial charge in [-0.15, -0.1) is 0 Å². The molecule has 0 aliphatic rings. The van der Waals surface area contributed by atoms with E-state index >= 15 is 0 Å². The Labute approximate surface area is 182 Å². The van der Waals surface area contributed by atoms with Crippen molar-refractivity contribution in [3.05, 3.63) is 79.0 Å². The number of rotatable bonds is 9. The van der Waals surface area contributed by atoms with Crippen molar-refractivity contribution in [3.8, 4) is 5.75 Å². The first-order valence-corrected chi connectivity index (χ1v) is 9.60. The molecule has 12 heteroatoms. The fourth-order valence-corrected chi connectivity index (χ4v) is 3.15. The summed E-state index contributed by atoms with van der Waals surface area (Å²) in [5.74, 6) is -0.0175. The number of carbonyl (C=O) groups excluding carboxylic acids is 1. The average molecular weight is 443 g/mol. The van der Waals surface area contributed by atoms with Gasteiger partial charge in [-0.3, -0.25) is 29.7 Å². The Morgan fingerprint density at radius 1 is 1.16 bits per heavy atom. The minimum Gasteiger partial charge on any atom is -0.479 e. The van der Waals surface area contributed by atoms with Crippen LogP contribution in [0.3, 0.4) is 0 Å². The molecule has 0 aliphatic heterocycles. The van der Waals surface area contributed by atoms with E-state index in [1.54, 1.807) is 32.9 Å². The van der Waals surface area contributed by atoms with Crippen LogP contribution in [0.25, 0.3) is 0 Å². The van der Waals surface area contributed by atoms with E-state index in [0.29, 0.717) is 17.1 Å². The molecule has 0 saturated heterocycles. The summed E-state index contributed by atoms with van der Waals surface area (Å²) in [7, 11) is 0. The standard InChI is InChI=1S/C20H21N5O7/c1-12-4-6-17(16(10-12)24(27)28)31-11-15-5-7-18(32-15)20(26)21-8-9-23-14(3)19(25(29)30)13(2)22-23/h4-7,10H,8-9,11H2,1-3H3,(H,21,26). The van der Waals surface area contributed by atoms with Gasteiger partial charge in [-0.1, -0.05) is 6.07 Å². The summed E-state index contributed by atoms with van der Waals surface area (Å²) >= 11 is 0. The van der Waals surface area contributed by atoms with Crippen LogP contribution >= 0.6 is 0 Å². The largest absolute Gasteiger partial charge is 0.479 e. The summed E-state index contributed by atoms with van der Waals surface area (Å²) in [6, 6.07) is 7.62. The number of nitro benzene ring substituents is 1. The van der Waals surface area contributed by atoms with Gasteiger partial charge in [-0.25, -0.2) is 0 Å². The number of nitrogens with one attached hydrogen (secondary N) is 1. The van der Waals surface area contributed by atoms with Crippen molar-refractivity contribution in [2.75, 3.05) is 6.54 Å². The van der Waals surface area contributed by atoms with Gasteiger partial charge in [-0.2, -0.15) is 5.10 Å². The number of ether oxygens (including phenoxy) is 1. The smallest absolute Gasteiger partial charge is 0.312 e. The van der Waals surface area contributed by atoms with Crippen molar-refractivity contribution < 1.29 is 23.8 Å². The third-order valence-electron chi connectivity index (χ3n) is 4.70. The number of nitro groups is 2. The van der Waals surface area contributed by atoms with Gasteiger partial charge in [0.25, 0.3) is 5.91 Å². The van der Waals surface area contributed by atoms with E-state index in [9.17, 15) is 25.0 Å². The third-order valence-corrected chi connectivity index (χ3v) is 4.70. The van der Waals surface area contributed by atoms with Gasteiger partial charge in [0.1, 0.15) is 23.8 Å². The molecule has 32 heavy (non-hydrogen) atoms. The maximum absolute atomic E-state index is 12.3. The zero-order chi connectivity index (χ0) is 23.4. The van der Waals surface area contributed by atoms with Gasteiger partial charge in [0.05, 0.1) is 16.4 Å². The lowest BCUT2D eigenvalue weighted by atomic mass is 10.2. The van der Waals surface area contributed by atoms with Crippen LogP contribution in [0.15, 0.2) is 34.7 Å². The molecule has 3 rings (SSSR count). The quantitative estimate of drug-likeness (QED) is 0.390. The zero-order valence-electron chi connectivity index (χ0n) is 17.7. The summed E-state index contributed by atoms with van der Waals surface area (Å²) in [5.41, 5.74) is 1.25. The highest BCUT2D eigenvalue weighted by molar-refractivity contribution is 5.91. The molecule has 0 fully saturated rings. The summed E-state index contributed by atoms with van der Waals surface area (Å²) in [6.07, 6.45) is 0. The van der Waals surface area contributed by atoms with Gasteiger partial charge in [0.2, 0.25) is 0 Å². The monoisotopic (exact) mass is 443 g/mol. The number of furan rings is 1. The van der Waals surface area contributed by atoms with Crippen LogP contribution in [-0.2, 0) is 13.2 Å². The molecule has 0 radical (unpaired) electrons. The normalized spacial score (nSPS) is 10.7. The number of carbonyl (C=O) groups is 1. The number of aromatic nitrogens is 2. The topological polar surface area (TPSA) is 156 Å². The molecule has 0 bridgehead atoms. The molecule has 0 unspecified atom stereocenters. The van der Waals surface area contributed by atoms with Gasteiger partial charge in [0, 0.05) is 12.6 Å². The summed E-state index contributed by atoms with van der Waals surface area (Å²) in [5, 5.41) is 29.0. The van der Waals surface area contributed by atoms with Gasteiger partial charge in [-0.05, 0) is 44.5 Å². The minimum atomic E-state index is -0.527. The lowest BCUT2D eigenvalue weighted by molar-refractivity contribution is -0.386. The SMILES string of the molecule is Cc1ccc(OCc2ccc(C(=O)NCCn3nc(C)c([N+](=O)[O-])c3C)o2)c([N+](=O)[O-])c1. The van der Waals surface area contributed by atoms with Crippen LogP contribution < -0.4 is 10.1 Å². The highest BCUT2D eigenvalue weighted by atomic mass is 16.6. The van der Waals surface area contributed by atoms with Crippen LogP contribution in [0, 0.1) is 41.0 Å². The molecule has 12 nitrogen and oxygen atoms in total. The molecular weight excluding hydrogens is 422 g/mol. The number of amides is 1. The number of hydrogen-bond donors (Lipinski definition) is 1. The van der Waals surface area contributed by atoms with Crippen molar-refractivity contribution in [1.29, 1.82) is 0 Å². The fourth-order valence-electron chi connectivity index (χ4n) is 3.15. The van der Waals surface area contributed by atoms with Crippen molar-refractivity contribution in [2.45, 2.75) is 33.9 Å². The molecular formula is C20H21N5O7. The highest BCUT2D eigenvalue weighted by Crippen LogP contribution is 2.28. The Hall–Kier alpha value is -4.22. The third kappa shape index (κ3) is 4.91. The minimum absolute atomic E-state index is 0.0409. The second kappa shape index (κ2) is 9.29. The van der Waals surface area contributed by atoms with Crippen molar-refractivity contribution in [3.63, 3.8) is 0 Å². The van der Waals surface area contributed by atoms with E-state index in [2.05, 4.69) is 10.4 Å². The molecule has 168 valence electrons. The predicted molar refractivity (Wildman–Crippen MR) is 112 cm³/mol. The van der Waals surface area contributed by atoms with Crippen LogP contribution in [-0.4, -0.2) is 32.1 Å². The first-order chi connectivity index (χ1) is 15.2. The van der Waals surface area contributed by atoms with E-state index in [-0.39, 0.29) is 42.6 Å². The summed E-state index contributed by atoms with van der Waals surface area (Å²) in [4.78, 5) is 33.5.